The Balaban J connectivity index is 1.94. The molecule has 15 heteroatoms. The molecule has 4 rings (SSSR count). The number of fused-ring (bicyclic) bond motifs is 2. The molecule has 0 unspecified atom stereocenters. The van der Waals surface area contributed by atoms with Crippen LogP contribution < -0.4 is 31.1 Å². The molecule has 0 atom stereocenters. The zero-order valence-corrected chi connectivity index (χ0v) is 19.5. The molecule has 0 fully saturated rings. The number of aromatic nitrogens is 4. The normalized spacial score (nSPS) is 16.8. The van der Waals surface area contributed by atoms with Crippen LogP contribution in [-0.2, 0) is 26.6 Å². The Morgan fingerprint density at radius 1 is 1.18 bits per heavy atom. The minimum absolute atomic E-state index is 0.0384. The Hall–Kier alpha value is -3.46. The van der Waals surface area contributed by atoms with Gasteiger partial charge in [0, 0.05) is 12.2 Å². The highest BCUT2D eigenvalue weighted by molar-refractivity contribution is 7.92. The SMILES string of the molecule is CC(C)CCn1c(=O)/c(=C2/Nc3ccc(NS(C)(=O)=O)cc3S(=O)(=O)N2)c(=O)n2ncnc12. The van der Waals surface area contributed by atoms with E-state index in [0.717, 1.165) is 23.2 Å². The smallest absolute Gasteiger partial charge is 0.290 e. The summed E-state index contributed by atoms with van der Waals surface area (Å²) in [5, 5.41) is 6.20. The third-order valence-corrected chi connectivity index (χ3v) is 6.88. The van der Waals surface area contributed by atoms with E-state index in [1.807, 2.05) is 13.8 Å². The first-order valence-electron chi connectivity index (χ1n) is 9.80. The van der Waals surface area contributed by atoms with Gasteiger partial charge in [-0.2, -0.15) is 14.6 Å². The number of nitrogens with zero attached hydrogens (tertiary/aromatic N) is 4. The van der Waals surface area contributed by atoms with Crippen LogP contribution in [0.25, 0.3) is 11.6 Å². The summed E-state index contributed by atoms with van der Waals surface area (Å²) in [5.41, 5.74) is -1.45. The van der Waals surface area contributed by atoms with Crippen LogP contribution in [0.2, 0.25) is 0 Å². The van der Waals surface area contributed by atoms with Crippen LogP contribution in [0.3, 0.4) is 0 Å². The molecule has 0 bridgehead atoms. The number of rotatable bonds is 5. The highest BCUT2D eigenvalue weighted by Crippen LogP contribution is 2.30. The van der Waals surface area contributed by atoms with Gasteiger partial charge in [0.25, 0.3) is 21.1 Å². The fourth-order valence-electron chi connectivity index (χ4n) is 3.38. The van der Waals surface area contributed by atoms with E-state index in [2.05, 4.69) is 24.8 Å². The van der Waals surface area contributed by atoms with Gasteiger partial charge in [0.15, 0.2) is 0 Å². The first kappa shape index (κ1) is 22.7. The Labute approximate surface area is 188 Å². The second-order valence-electron chi connectivity index (χ2n) is 7.98. The van der Waals surface area contributed by atoms with E-state index in [-0.39, 0.29) is 40.3 Å². The number of sulfonamides is 2. The summed E-state index contributed by atoms with van der Waals surface area (Å²) in [6, 6.07) is 3.81. The first-order valence-corrected chi connectivity index (χ1v) is 13.2. The maximum atomic E-state index is 13.3. The molecule has 3 heterocycles. The van der Waals surface area contributed by atoms with Gasteiger partial charge in [-0.25, -0.2) is 16.8 Å². The molecule has 33 heavy (non-hydrogen) atoms. The van der Waals surface area contributed by atoms with Crippen molar-refractivity contribution in [3.8, 4) is 0 Å². The Bertz CT molecular complexity index is 1660. The molecular formula is C18H21N7O6S2. The number of anilines is 2. The molecule has 0 saturated heterocycles. The fourth-order valence-corrected chi connectivity index (χ4v) is 5.15. The van der Waals surface area contributed by atoms with Crippen molar-refractivity contribution < 1.29 is 16.8 Å². The number of hydrogen-bond acceptors (Lipinski definition) is 9. The fraction of sp³-hybridized carbons (Fsp3) is 0.333. The third-order valence-electron chi connectivity index (χ3n) is 4.89. The predicted octanol–water partition coefficient (Wildman–Crippen LogP) is -1.14. The van der Waals surface area contributed by atoms with Crippen molar-refractivity contribution >= 4 is 43.0 Å². The standard InChI is InChI=1S/C18H21N7O6S2/c1-10(2)6-7-24-16(26)14(17(27)25-18(24)19-9-20-25)15-21-12-5-4-11(22-32(3,28)29)8-13(12)33(30,31)23-15/h4-5,8-10,21-23H,6-7H2,1-3H3/b15-14+. The predicted molar refractivity (Wildman–Crippen MR) is 120 cm³/mol. The summed E-state index contributed by atoms with van der Waals surface area (Å²) in [6.07, 6.45) is 2.69. The Morgan fingerprint density at radius 2 is 1.91 bits per heavy atom. The highest BCUT2D eigenvalue weighted by Gasteiger charge is 2.29. The maximum Gasteiger partial charge on any atom is 0.290 e. The summed E-state index contributed by atoms with van der Waals surface area (Å²) in [5.74, 6) is -0.00148. The summed E-state index contributed by atoms with van der Waals surface area (Å²) < 4.78 is 55.4. The van der Waals surface area contributed by atoms with Crippen molar-refractivity contribution in [1.29, 1.82) is 0 Å². The molecule has 1 aromatic carbocycles. The molecule has 13 nitrogen and oxygen atoms in total. The third kappa shape index (κ3) is 4.28. The van der Waals surface area contributed by atoms with E-state index in [4.69, 9.17) is 0 Å². The lowest BCUT2D eigenvalue weighted by molar-refractivity contribution is 0.507. The van der Waals surface area contributed by atoms with Gasteiger partial charge in [0.2, 0.25) is 15.8 Å². The van der Waals surface area contributed by atoms with Gasteiger partial charge in [-0.3, -0.25) is 23.6 Å². The van der Waals surface area contributed by atoms with Gasteiger partial charge in [-0.15, -0.1) is 0 Å². The van der Waals surface area contributed by atoms with Crippen LogP contribution >= 0.6 is 0 Å². The lowest BCUT2D eigenvalue weighted by atomic mass is 10.1. The number of nitrogens with one attached hydrogen (secondary N) is 3. The monoisotopic (exact) mass is 495 g/mol. The van der Waals surface area contributed by atoms with Gasteiger partial charge in [-0.1, -0.05) is 13.8 Å². The minimum Gasteiger partial charge on any atom is -0.339 e. The van der Waals surface area contributed by atoms with Gasteiger partial charge in [-0.05, 0) is 30.5 Å². The molecule has 0 aliphatic carbocycles. The van der Waals surface area contributed by atoms with E-state index in [9.17, 15) is 26.4 Å². The second kappa shape index (κ2) is 7.84. The van der Waals surface area contributed by atoms with Crippen molar-refractivity contribution in [3.63, 3.8) is 0 Å². The van der Waals surface area contributed by atoms with Crippen LogP contribution in [0.4, 0.5) is 11.4 Å². The van der Waals surface area contributed by atoms with Crippen molar-refractivity contribution in [2.75, 3.05) is 16.3 Å². The second-order valence-corrected chi connectivity index (χ2v) is 11.4. The quantitative estimate of drug-likeness (QED) is 0.395. The number of aryl methyl sites for hydroxylation is 1. The molecule has 1 aliphatic heterocycles. The first-order chi connectivity index (χ1) is 15.4. The average Bonchev–Trinajstić information content (AvgIpc) is 3.16. The summed E-state index contributed by atoms with van der Waals surface area (Å²) >= 11 is 0. The molecule has 0 spiro atoms. The molecule has 1 aliphatic rings. The van der Waals surface area contributed by atoms with Crippen molar-refractivity contribution in [3.05, 3.63) is 50.5 Å². The summed E-state index contributed by atoms with van der Waals surface area (Å²) in [4.78, 5) is 30.0. The van der Waals surface area contributed by atoms with Crippen molar-refractivity contribution in [2.24, 2.45) is 5.92 Å². The average molecular weight is 496 g/mol. The number of hydrogen-bond donors (Lipinski definition) is 3. The zero-order valence-electron chi connectivity index (χ0n) is 17.9. The molecule has 0 amide bonds. The van der Waals surface area contributed by atoms with Crippen LogP contribution in [0.1, 0.15) is 20.3 Å². The van der Waals surface area contributed by atoms with E-state index < -0.39 is 36.4 Å². The van der Waals surface area contributed by atoms with Crippen molar-refractivity contribution in [2.45, 2.75) is 31.7 Å². The Kier molecular flexibility index (Phi) is 5.40. The molecule has 0 radical (unpaired) electrons. The van der Waals surface area contributed by atoms with E-state index in [1.54, 1.807) is 0 Å². The van der Waals surface area contributed by atoms with Gasteiger partial charge in [0.05, 0.1) is 11.9 Å². The molecule has 3 N–H and O–H groups in total. The van der Waals surface area contributed by atoms with Gasteiger partial charge < -0.3 is 5.32 Å². The van der Waals surface area contributed by atoms with Gasteiger partial charge >= 0.3 is 0 Å². The molecule has 2 aromatic heterocycles. The van der Waals surface area contributed by atoms with Crippen LogP contribution in [0.15, 0.2) is 39.0 Å². The van der Waals surface area contributed by atoms with Crippen LogP contribution in [0.5, 0.6) is 0 Å². The van der Waals surface area contributed by atoms with E-state index in [0.29, 0.717) is 6.42 Å². The van der Waals surface area contributed by atoms with E-state index in [1.165, 1.54) is 16.7 Å². The topological polar surface area (TPSA) is 174 Å². The van der Waals surface area contributed by atoms with Gasteiger partial charge in [0.1, 0.15) is 22.3 Å². The Morgan fingerprint density at radius 3 is 2.58 bits per heavy atom. The molecular weight excluding hydrogens is 474 g/mol. The largest absolute Gasteiger partial charge is 0.339 e. The molecule has 176 valence electrons. The van der Waals surface area contributed by atoms with Crippen molar-refractivity contribution in [1.82, 2.24) is 23.9 Å². The number of benzene rings is 1. The summed E-state index contributed by atoms with van der Waals surface area (Å²) in [6.45, 7) is 4.21. The van der Waals surface area contributed by atoms with E-state index >= 15 is 0 Å². The zero-order chi connectivity index (χ0) is 24.1. The molecule has 0 saturated carbocycles. The summed E-state index contributed by atoms with van der Waals surface area (Å²) in [7, 11) is -7.88. The minimum atomic E-state index is -4.25. The lowest BCUT2D eigenvalue weighted by Gasteiger charge is -2.23. The lowest BCUT2D eigenvalue weighted by Crippen LogP contribution is -2.53. The van der Waals surface area contributed by atoms with Crippen LogP contribution in [0, 0.1) is 5.92 Å². The maximum absolute atomic E-state index is 13.3. The molecule has 3 aromatic rings. The van der Waals surface area contributed by atoms with Crippen LogP contribution in [-0.4, -0.2) is 42.3 Å². The highest BCUT2D eigenvalue weighted by atomic mass is 32.2.